The molecule has 1 fully saturated rings. The number of halogens is 1. The van der Waals surface area contributed by atoms with Crippen molar-refractivity contribution in [3.8, 4) is 0 Å². The molecule has 2 amide bonds. The molecule has 0 radical (unpaired) electrons. The van der Waals surface area contributed by atoms with E-state index in [9.17, 15) is 18.0 Å². The monoisotopic (exact) mass is 533 g/mol. The van der Waals surface area contributed by atoms with Gasteiger partial charge in [-0.3, -0.25) is 13.9 Å². The predicted octanol–water partition coefficient (Wildman–Crippen LogP) is 4.59. The molecule has 2 aromatic rings. The van der Waals surface area contributed by atoms with Crippen LogP contribution in [0.4, 0.5) is 5.69 Å². The van der Waals surface area contributed by atoms with Crippen LogP contribution >= 0.6 is 11.6 Å². The maximum atomic E-state index is 13.7. The first-order valence-corrected chi connectivity index (χ1v) is 14.6. The maximum Gasteiger partial charge on any atom is 0.244 e. The van der Waals surface area contributed by atoms with E-state index in [1.807, 2.05) is 38.1 Å². The average molecular weight is 534 g/mol. The second-order valence-electron chi connectivity index (χ2n) is 9.73. The van der Waals surface area contributed by atoms with E-state index in [0.717, 1.165) is 52.9 Å². The van der Waals surface area contributed by atoms with Gasteiger partial charge in [-0.2, -0.15) is 0 Å². The Morgan fingerprint density at radius 1 is 1.08 bits per heavy atom. The molecule has 0 bridgehead atoms. The largest absolute Gasteiger partial charge is 0.352 e. The molecule has 1 unspecified atom stereocenters. The lowest BCUT2D eigenvalue weighted by Crippen LogP contribution is -2.53. The van der Waals surface area contributed by atoms with Crippen LogP contribution in [0, 0.1) is 13.8 Å². The molecule has 1 aliphatic rings. The molecule has 3 rings (SSSR count). The van der Waals surface area contributed by atoms with Crippen LogP contribution in [0.25, 0.3) is 0 Å². The van der Waals surface area contributed by atoms with Gasteiger partial charge in [0.05, 0.1) is 11.9 Å². The second kappa shape index (κ2) is 12.1. The van der Waals surface area contributed by atoms with Gasteiger partial charge in [0.25, 0.3) is 0 Å². The van der Waals surface area contributed by atoms with Crippen molar-refractivity contribution in [2.24, 2.45) is 0 Å². The van der Waals surface area contributed by atoms with E-state index < -0.39 is 28.5 Å². The van der Waals surface area contributed by atoms with Crippen LogP contribution in [0.1, 0.15) is 55.7 Å². The van der Waals surface area contributed by atoms with Crippen LogP contribution in [0.3, 0.4) is 0 Å². The van der Waals surface area contributed by atoms with E-state index in [-0.39, 0.29) is 18.5 Å². The van der Waals surface area contributed by atoms with Gasteiger partial charge >= 0.3 is 0 Å². The highest BCUT2D eigenvalue weighted by Crippen LogP contribution is 2.25. The first-order chi connectivity index (χ1) is 17.0. The Balaban J connectivity index is 1.88. The van der Waals surface area contributed by atoms with Crippen molar-refractivity contribution >= 4 is 39.1 Å². The van der Waals surface area contributed by atoms with Crippen LogP contribution in [0.15, 0.2) is 42.5 Å². The Bertz CT molecular complexity index is 1200. The Labute approximate surface area is 219 Å². The van der Waals surface area contributed by atoms with Crippen molar-refractivity contribution in [2.45, 2.75) is 71.5 Å². The van der Waals surface area contributed by atoms with E-state index in [1.165, 1.54) is 17.4 Å². The molecule has 1 atom stereocenters. The number of nitrogens with zero attached hydrogens (tertiary/aromatic N) is 2. The highest BCUT2D eigenvalue weighted by molar-refractivity contribution is 7.92. The molecule has 9 heteroatoms. The fourth-order valence-electron chi connectivity index (χ4n) is 4.51. The summed E-state index contributed by atoms with van der Waals surface area (Å²) in [4.78, 5) is 28.3. The molecule has 0 spiro atoms. The molecule has 7 nitrogen and oxygen atoms in total. The molecule has 0 aromatic heterocycles. The maximum absolute atomic E-state index is 13.7. The number of carbonyl (C=O) groups is 2. The standard InChI is InChI=1S/C27H36ClN3O4S/c1-19-9-8-10-22(15-19)17-30(21(3)27(33)29-23-11-6-5-7-12-23)26(32)18-31(36(4,34)35)24-14-13-20(2)25(28)16-24/h8-10,13-16,21,23H,5-7,11-12,17-18H2,1-4H3,(H,29,33). The number of benzene rings is 2. The smallest absolute Gasteiger partial charge is 0.244 e. The fourth-order valence-corrected chi connectivity index (χ4v) is 5.53. The number of hydrogen-bond acceptors (Lipinski definition) is 4. The van der Waals surface area contributed by atoms with Crippen LogP contribution in [-0.4, -0.2) is 50.0 Å². The Hall–Kier alpha value is -2.58. The number of anilines is 1. The molecular formula is C27H36ClN3O4S. The number of nitrogens with one attached hydrogen (secondary N) is 1. The Kier molecular flexibility index (Phi) is 9.41. The lowest BCUT2D eigenvalue weighted by atomic mass is 9.95. The zero-order chi connectivity index (χ0) is 26.5. The molecule has 2 aromatic carbocycles. The third kappa shape index (κ3) is 7.46. The zero-order valence-electron chi connectivity index (χ0n) is 21.5. The summed E-state index contributed by atoms with van der Waals surface area (Å²) >= 11 is 6.24. The van der Waals surface area contributed by atoms with Crippen LogP contribution in [0.5, 0.6) is 0 Å². The number of sulfonamides is 1. The fraction of sp³-hybridized carbons (Fsp3) is 0.481. The molecule has 1 saturated carbocycles. The summed E-state index contributed by atoms with van der Waals surface area (Å²) < 4.78 is 26.4. The van der Waals surface area contributed by atoms with Crippen molar-refractivity contribution in [1.82, 2.24) is 10.2 Å². The van der Waals surface area contributed by atoms with Crippen molar-refractivity contribution in [3.05, 3.63) is 64.2 Å². The molecule has 0 heterocycles. The molecule has 36 heavy (non-hydrogen) atoms. The minimum absolute atomic E-state index is 0.104. The lowest BCUT2D eigenvalue weighted by molar-refractivity contribution is -0.139. The second-order valence-corrected chi connectivity index (χ2v) is 12.0. The predicted molar refractivity (Wildman–Crippen MR) is 145 cm³/mol. The lowest BCUT2D eigenvalue weighted by Gasteiger charge is -2.33. The average Bonchev–Trinajstić information content (AvgIpc) is 2.82. The van der Waals surface area contributed by atoms with Gasteiger partial charge in [0, 0.05) is 17.6 Å². The minimum Gasteiger partial charge on any atom is -0.352 e. The molecule has 196 valence electrons. The molecule has 0 aliphatic heterocycles. The number of hydrogen-bond donors (Lipinski definition) is 1. The SMILES string of the molecule is Cc1cccc(CN(C(=O)CN(c2ccc(C)c(Cl)c2)S(C)(=O)=O)C(C)C(=O)NC2CCCCC2)c1. The first kappa shape index (κ1) is 28.0. The van der Waals surface area contributed by atoms with Crippen molar-refractivity contribution in [3.63, 3.8) is 0 Å². The van der Waals surface area contributed by atoms with Crippen LogP contribution < -0.4 is 9.62 Å². The minimum atomic E-state index is -3.80. The van der Waals surface area contributed by atoms with Crippen molar-refractivity contribution in [2.75, 3.05) is 17.1 Å². The van der Waals surface area contributed by atoms with E-state index in [0.29, 0.717) is 10.7 Å². The van der Waals surface area contributed by atoms with Gasteiger partial charge in [-0.1, -0.05) is 66.8 Å². The highest BCUT2D eigenvalue weighted by Gasteiger charge is 2.31. The number of aryl methyl sites for hydroxylation is 2. The summed E-state index contributed by atoms with van der Waals surface area (Å²) in [6.07, 6.45) is 6.24. The Morgan fingerprint density at radius 3 is 2.39 bits per heavy atom. The van der Waals surface area contributed by atoms with Gasteiger partial charge < -0.3 is 10.2 Å². The molecule has 1 N–H and O–H groups in total. The summed E-state index contributed by atoms with van der Waals surface area (Å²) in [5.41, 5.74) is 3.00. The van der Waals surface area contributed by atoms with E-state index >= 15 is 0 Å². The summed E-state index contributed by atoms with van der Waals surface area (Å²) in [7, 11) is -3.80. The summed E-state index contributed by atoms with van der Waals surface area (Å²) in [6.45, 7) is 5.22. The van der Waals surface area contributed by atoms with E-state index in [4.69, 9.17) is 11.6 Å². The number of amides is 2. The normalized spacial score (nSPS) is 15.2. The molecular weight excluding hydrogens is 498 g/mol. The van der Waals surface area contributed by atoms with Crippen LogP contribution in [-0.2, 0) is 26.2 Å². The third-order valence-electron chi connectivity index (χ3n) is 6.68. The Morgan fingerprint density at radius 2 is 1.78 bits per heavy atom. The number of rotatable bonds is 9. The summed E-state index contributed by atoms with van der Waals surface area (Å²) in [6, 6.07) is 11.9. The third-order valence-corrected chi connectivity index (χ3v) is 8.22. The zero-order valence-corrected chi connectivity index (χ0v) is 23.0. The van der Waals surface area contributed by atoms with Crippen molar-refractivity contribution in [1.29, 1.82) is 0 Å². The topological polar surface area (TPSA) is 86.8 Å². The molecule has 1 aliphatic carbocycles. The van der Waals surface area contributed by atoms with E-state index in [2.05, 4.69) is 5.32 Å². The first-order valence-electron chi connectivity index (χ1n) is 12.3. The van der Waals surface area contributed by atoms with Gasteiger partial charge in [0.2, 0.25) is 21.8 Å². The highest BCUT2D eigenvalue weighted by atomic mass is 35.5. The number of carbonyl (C=O) groups excluding carboxylic acids is 2. The molecule has 0 saturated heterocycles. The quantitative estimate of drug-likeness (QED) is 0.511. The van der Waals surface area contributed by atoms with Gasteiger partial charge in [-0.15, -0.1) is 0 Å². The summed E-state index contributed by atoms with van der Waals surface area (Å²) in [5.74, 6) is -0.697. The van der Waals surface area contributed by atoms with Gasteiger partial charge in [-0.25, -0.2) is 8.42 Å². The van der Waals surface area contributed by atoms with Gasteiger partial charge in [0.15, 0.2) is 0 Å². The van der Waals surface area contributed by atoms with Crippen LogP contribution in [0.2, 0.25) is 5.02 Å². The van der Waals surface area contributed by atoms with Gasteiger partial charge in [-0.05, 0) is 56.9 Å². The van der Waals surface area contributed by atoms with Crippen molar-refractivity contribution < 1.29 is 18.0 Å². The van der Waals surface area contributed by atoms with Gasteiger partial charge in [0.1, 0.15) is 12.6 Å². The summed E-state index contributed by atoms with van der Waals surface area (Å²) in [5, 5.41) is 3.51. The van der Waals surface area contributed by atoms with E-state index in [1.54, 1.807) is 19.1 Å².